The van der Waals surface area contributed by atoms with E-state index in [1.807, 2.05) is 24.3 Å². The zero-order chi connectivity index (χ0) is 12.7. The SMILES string of the molecule is O=C(O)C1CN(C(=O)C2CNc3ccccc32)C1. The molecule has 5 heteroatoms. The van der Waals surface area contributed by atoms with Crippen LogP contribution in [0.25, 0.3) is 0 Å². The van der Waals surface area contributed by atoms with Gasteiger partial charge in [-0.25, -0.2) is 0 Å². The van der Waals surface area contributed by atoms with Gasteiger partial charge in [0.25, 0.3) is 0 Å². The third-order valence-corrected chi connectivity index (χ3v) is 3.67. The van der Waals surface area contributed by atoms with Gasteiger partial charge in [0.2, 0.25) is 5.91 Å². The standard InChI is InChI=1S/C13H14N2O3/c16-12(15-6-8(7-15)13(17)18)10-5-14-11-4-2-1-3-9(10)11/h1-4,8,10,14H,5-7H2,(H,17,18). The first-order valence-electron chi connectivity index (χ1n) is 6.01. The lowest BCUT2D eigenvalue weighted by Gasteiger charge is -2.38. The van der Waals surface area contributed by atoms with Gasteiger partial charge in [0, 0.05) is 25.3 Å². The van der Waals surface area contributed by atoms with E-state index in [-0.39, 0.29) is 11.8 Å². The van der Waals surface area contributed by atoms with Gasteiger partial charge in [-0.2, -0.15) is 0 Å². The van der Waals surface area contributed by atoms with Crippen LogP contribution in [0.15, 0.2) is 24.3 Å². The van der Waals surface area contributed by atoms with Gasteiger partial charge in [-0.3, -0.25) is 9.59 Å². The monoisotopic (exact) mass is 246 g/mol. The molecule has 2 aliphatic rings. The topological polar surface area (TPSA) is 69.6 Å². The van der Waals surface area contributed by atoms with Crippen LogP contribution in [0.2, 0.25) is 0 Å². The molecule has 0 saturated carbocycles. The number of carboxylic acids is 1. The van der Waals surface area contributed by atoms with Crippen LogP contribution in [-0.4, -0.2) is 41.5 Å². The fourth-order valence-corrected chi connectivity index (χ4v) is 2.54. The summed E-state index contributed by atoms with van der Waals surface area (Å²) >= 11 is 0. The second-order valence-corrected chi connectivity index (χ2v) is 4.80. The molecular formula is C13H14N2O3. The Bertz CT molecular complexity index is 509. The summed E-state index contributed by atoms with van der Waals surface area (Å²) in [5.74, 6) is -1.34. The van der Waals surface area contributed by atoms with Gasteiger partial charge in [-0.15, -0.1) is 0 Å². The molecule has 5 nitrogen and oxygen atoms in total. The van der Waals surface area contributed by atoms with Crippen molar-refractivity contribution >= 4 is 17.6 Å². The maximum atomic E-state index is 12.3. The van der Waals surface area contributed by atoms with Crippen LogP contribution in [-0.2, 0) is 9.59 Å². The van der Waals surface area contributed by atoms with E-state index in [1.165, 1.54) is 0 Å². The van der Waals surface area contributed by atoms with Gasteiger partial charge < -0.3 is 15.3 Å². The van der Waals surface area contributed by atoms with Crippen LogP contribution in [0.3, 0.4) is 0 Å². The average molecular weight is 246 g/mol. The van der Waals surface area contributed by atoms with E-state index >= 15 is 0 Å². The molecule has 1 saturated heterocycles. The molecule has 0 radical (unpaired) electrons. The van der Waals surface area contributed by atoms with E-state index in [9.17, 15) is 9.59 Å². The van der Waals surface area contributed by atoms with Gasteiger partial charge in [-0.05, 0) is 11.6 Å². The predicted octanol–water partition coefficient (Wildman–Crippen LogP) is 0.739. The Kier molecular flexibility index (Phi) is 2.47. The van der Waals surface area contributed by atoms with E-state index < -0.39 is 11.9 Å². The lowest BCUT2D eigenvalue weighted by molar-refractivity contribution is -0.153. The highest BCUT2D eigenvalue weighted by molar-refractivity contribution is 5.90. The number of rotatable bonds is 2. The van der Waals surface area contributed by atoms with Crippen molar-refractivity contribution in [1.82, 2.24) is 4.90 Å². The molecule has 2 heterocycles. The minimum Gasteiger partial charge on any atom is -0.481 e. The fourth-order valence-electron chi connectivity index (χ4n) is 2.54. The Morgan fingerprint density at radius 1 is 1.28 bits per heavy atom. The van der Waals surface area contributed by atoms with Crippen molar-refractivity contribution in [3.8, 4) is 0 Å². The third kappa shape index (κ3) is 1.63. The first kappa shape index (κ1) is 11.1. The fraction of sp³-hybridized carbons (Fsp3) is 0.385. The number of carbonyl (C=O) groups excluding carboxylic acids is 1. The Morgan fingerprint density at radius 3 is 2.72 bits per heavy atom. The van der Waals surface area contributed by atoms with Gasteiger partial charge in [-0.1, -0.05) is 18.2 Å². The second-order valence-electron chi connectivity index (χ2n) is 4.80. The summed E-state index contributed by atoms with van der Waals surface area (Å²) in [4.78, 5) is 24.6. The Morgan fingerprint density at radius 2 is 2.00 bits per heavy atom. The number of fused-ring (bicyclic) bond motifs is 1. The molecule has 0 aromatic heterocycles. The van der Waals surface area contributed by atoms with Crippen molar-refractivity contribution in [2.75, 3.05) is 25.0 Å². The summed E-state index contributed by atoms with van der Waals surface area (Å²) < 4.78 is 0. The summed E-state index contributed by atoms with van der Waals surface area (Å²) in [6, 6.07) is 7.76. The van der Waals surface area contributed by atoms with E-state index in [2.05, 4.69) is 5.32 Å². The minimum absolute atomic E-state index is 0.0324. The molecule has 0 aliphatic carbocycles. The van der Waals surface area contributed by atoms with Gasteiger partial charge in [0.1, 0.15) is 0 Å². The number of benzene rings is 1. The maximum absolute atomic E-state index is 12.3. The number of hydrogen-bond acceptors (Lipinski definition) is 3. The Balaban J connectivity index is 1.71. The minimum atomic E-state index is -0.816. The molecule has 2 N–H and O–H groups in total. The van der Waals surface area contributed by atoms with Crippen molar-refractivity contribution in [1.29, 1.82) is 0 Å². The van der Waals surface area contributed by atoms with Crippen LogP contribution < -0.4 is 5.32 Å². The summed E-state index contributed by atoms with van der Waals surface area (Å²) in [5.41, 5.74) is 2.02. The van der Waals surface area contributed by atoms with E-state index in [1.54, 1.807) is 4.90 Å². The molecule has 1 aromatic carbocycles. The highest BCUT2D eigenvalue weighted by atomic mass is 16.4. The van der Waals surface area contributed by atoms with Crippen LogP contribution in [0, 0.1) is 5.92 Å². The highest BCUT2D eigenvalue weighted by Crippen LogP contribution is 2.33. The number of nitrogens with zero attached hydrogens (tertiary/aromatic N) is 1. The first-order valence-corrected chi connectivity index (χ1v) is 6.01. The predicted molar refractivity (Wildman–Crippen MR) is 65.4 cm³/mol. The quantitative estimate of drug-likeness (QED) is 0.807. The molecule has 0 bridgehead atoms. The molecule has 1 atom stereocenters. The lowest BCUT2D eigenvalue weighted by atomic mass is 9.94. The number of likely N-dealkylation sites (tertiary alicyclic amines) is 1. The number of aliphatic carboxylic acids is 1. The number of anilines is 1. The first-order chi connectivity index (χ1) is 8.66. The molecule has 94 valence electrons. The smallest absolute Gasteiger partial charge is 0.310 e. The second kappa shape index (κ2) is 4.01. The molecular weight excluding hydrogens is 232 g/mol. The zero-order valence-corrected chi connectivity index (χ0v) is 9.80. The van der Waals surface area contributed by atoms with Crippen LogP contribution in [0.5, 0.6) is 0 Å². The van der Waals surface area contributed by atoms with Crippen molar-refractivity contribution in [2.45, 2.75) is 5.92 Å². The van der Waals surface area contributed by atoms with Gasteiger partial charge in [0.15, 0.2) is 0 Å². The number of carboxylic acid groups (broad SMARTS) is 1. The lowest BCUT2D eigenvalue weighted by Crippen LogP contribution is -2.54. The number of para-hydroxylation sites is 1. The van der Waals surface area contributed by atoms with E-state index in [0.29, 0.717) is 19.6 Å². The van der Waals surface area contributed by atoms with Gasteiger partial charge in [0.05, 0.1) is 11.8 Å². The Hall–Kier alpha value is -2.04. The van der Waals surface area contributed by atoms with E-state index in [0.717, 1.165) is 11.3 Å². The van der Waals surface area contributed by atoms with Crippen LogP contribution >= 0.6 is 0 Å². The largest absolute Gasteiger partial charge is 0.481 e. The number of hydrogen-bond donors (Lipinski definition) is 2. The highest BCUT2D eigenvalue weighted by Gasteiger charge is 2.40. The molecule has 1 aromatic rings. The average Bonchev–Trinajstić information content (AvgIpc) is 2.69. The van der Waals surface area contributed by atoms with Crippen molar-refractivity contribution in [2.24, 2.45) is 5.92 Å². The molecule has 1 amide bonds. The summed E-state index contributed by atoms with van der Waals surface area (Å²) in [5, 5.41) is 12.0. The number of nitrogens with one attached hydrogen (secondary N) is 1. The Labute approximate surface area is 104 Å². The molecule has 2 aliphatic heterocycles. The van der Waals surface area contributed by atoms with Crippen molar-refractivity contribution in [3.05, 3.63) is 29.8 Å². The number of amides is 1. The van der Waals surface area contributed by atoms with Crippen LogP contribution in [0.4, 0.5) is 5.69 Å². The van der Waals surface area contributed by atoms with Crippen LogP contribution in [0.1, 0.15) is 11.5 Å². The molecule has 1 unspecified atom stereocenters. The summed E-state index contributed by atoms with van der Waals surface area (Å²) in [7, 11) is 0. The summed E-state index contributed by atoms with van der Waals surface area (Å²) in [6.07, 6.45) is 0. The molecule has 18 heavy (non-hydrogen) atoms. The maximum Gasteiger partial charge on any atom is 0.310 e. The van der Waals surface area contributed by atoms with Gasteiger partial charge >= 0.3 is 5.97 Å². The molecule has 0 spiro atoms. The molecule has 1 fully saturated rings. The normalized spacial score (nSPS) is 22.0. The number of carbonyl (C=O) groups is 2. The third-order valence-electron chi connectivity index (χ3n) is 3.67. The van der Waals surface area contributed by atoms with E-state index in [4.69, 9.17) is 5.11 Å². The van der Waals surface area contributed by atoms with Crippen molar-refractivity contribution in [3.63, 3.8) is 0 Å². The summed E-state index contributed by atoms with van der Waals surface area (Å²) in [6.45, 7) is 1.28. The molecule has 3 rings (SSSR count). The van der Waals surface area contributed by atoms with Crippen molar-refractivity contribution < 1.29 is 14.7 Å². The zero-order valence-electron chi connectivity index (χ0n) is 9.80.